The molecule has 1 atom stereocenters. The zero-order valence-electron chi connectivity index (χ0n) is 20.1. The average molecular weight is 460 g/mol. The largest absolute Gasteiger partial charge is 0.494 e. The molecule has 1 unspecified atom stereocenters. The number of anilines is 1. The standard InChI is InChI=1S/C24H38FN7O/c1-31-14-12-19(13-15-31)32(2)23-28-22(27-18-10-11-21(33-3)20(25)16-18)29-24(26,30-23)17-8-6-4-5-7-9-17/h10-11,16-17,19H,4-9,12-15,26H2,1-3H3,(H2,27,28,29,30). The number of hydrogen-bond acceptors (Lipinski definition) is 8. The van der Waals surface area contributed by atoms with Crippen molar-refractivity contribution >= 4 is 17.6 Å². The molecule has 1 aromatic carbocycles. The number of piperidine rings is 1. The maximum absolute atomic E-state index is 14.3. The highest BCUT2D eigenvalue weighted by molar-refractivity contribution is 6.06. The number of nitrogens with one attached hydrogen (secondary N) is 2. The van der Waals surface area contributed by atoms with Gasteiger partial charge in [-0.25, -0.2) is 14.4 Å². The second-order valence-electron chi connectivity index (χ2n) is 9.61. The van der Waals surface area contributed by atoms with Crippen molar-refractivity contribution < 1.29 is 9.13 Å². The van der Waals surface area contributed by atoms with E-state index in [0.29, 0.717) is 17.7 Å². The number of hydrogen-bond donors (Lipinski definition) is 3. The maximum atomic E-state index is 14.3. The number of nitrogens with two attached hydrogens (primary N) is 1. The molecule has 3 aliphatic rings. The van der Waals surface area contributed by atoms with E-state index in [1.54, 1.807) is 12.1 Å². The SMILES string of the molecule is COc1ccc(NC2=NC(N)(C3CCCCCC3)N=C(N(C)C3CCN(C)CC3)N2)cc1F. The molecule has 1 aliphatic carbocycles. The van der Waals surface area contributed by atoms with E-state index in [1.165, 1.54) is 26.0 Å². The Labute approximate surface area is 196 Å². The number of guanidine groups is 2. The van der Waals surface area contributed by atoms with Gasteiger partial charge in [-0.3, -0.25) is 11.1 Å². The molecule has 1 aromatic rings. The Bertz CT molecular complexity index is 876. The average Bonchev–Trinajstić information content (AvgIpc) is 3.09. The molecule has 0 spiro atoms. The van der Waals surface area contributed by atoms with Gasteiger partial charge in [0.2, 0.25) is 17.7 Å². The van der Waals surface area contributed by atoms with Gasteiger partial charge in [0.15, 0.2) is 11.6 Å². The molecule has 8 nitrogen and oxygen atoms in total. The Hall–Kier alpha value is -2.39. The summed E-state index contributed by atoms with van der Waals surface area (Å²) in [4.78, 5) is 14.4. The predicted molar refractivity (Wildman–Crippen MR) is 131 cm³/mol. The number of rotatable bonds is 4. The van der Waals surface area contributed by atoms with E-state index in [1.807, 2.05) is 0 Å². The number of nitrogens with zero attached hydrogens (tertiary/aromatic N) is 4. The van der Waals surface area contributed by atoms with E-state index in [4.69, 9.17) is 20.5 Å². The van der Waals surface area contributed by atoms with Crippen molar-refractivity contribution in [2.75, 3.05) is 39.6 Å². The summed E-state index contributed by atoms with van der Waals surface area (Å²) in [5, 5.41) is 6.56. The monoisotopic (exact) mass is 459 g/mol. The Morgan fingerprint density at radius 1 is 1.15 bits per heavy atom. The molecule has 2 fully saturated rings. The number of likely N-dealkylation sites (tertiary alicyclic amines) is 1. The first-order valence-electron chi connectivity index (χ1n) is 12.2. The Balaban J connectivity index is 1.60. The molecule has 4 N–H and O–H groups in total. The van der Waals surface area contributed by atoms with Crippen molar-refractivity contribution in [2.24, 2.45) is 21.6 Å². The molecule has 4 rings (SSSR count). The highest BCUT2D eigenvalue weighted by Crippen LogP contribution is 2.34. The molecule has 2 aliphatic heterocycles. The van der Waals surface area contributed by atoms with E-state index in [0.717, 1.165) is 57.6 Å². The number of ether oxygens (including phenoxy) is 1. The van der Waals surface area contributed by atoms with Gasteiger partial charge in [-0.05, 0) is 58.0 Å². The smallest absolute Gasteiger partial charge is 0.212 e. The highest BCUT2D eigenvalue weighted by atomic mass is 19.1. The number of methoxy groups -OCH3 is 1. The molecule has 0 bridgehead atoms. The number of benzene rings is 1. The third kappa shape index (κ3) is 5.58. The van der Waals surface area contributed by atoms with Crippen LogP contribution in [0.25, 0.3) is 0 Å². The molecule has 33 heavy (non-hydrogen) atoms. The molecular weight excluding hydrogens is 421 g/mol. The van der Waals surface area contributed by atoms with Gasteiger partial charge in [-0.1, -0.05) is 25.7 Å². The van der Waals surface area contributed by atoms with Crippen LogP contribution in [0.3, 0.4) is 0 Å². The zero-order valence-corrected chi connectivity index (χ0v) is 20.1. The summed E-state index contributed by atoms with van der Waals surface area (Å²) in [7, 11) is 5.69. The number of aliphatic imine (C=N–C) groups is 2. The summed E-state index contributed by atoms with van der Waals surface area (Å²) >= 11 is 0. The summed E-state index contributed by atoms with van der Waals surface area (Å²) in [6, 6.07) is 5.14. The summed E-state index contributed by atoms with van der Waals surface area (Å²) in [6.45, 7) is 2.12. The van der Waals surface area contributed by atoms with Crippen LogP contribution in [0.2, 0.25) is 0 Å². The van der Waals surface area contributed by atoms with Gasteiger partial charge in [0.1, 0.15) is 0 Å². The second kappa shape index (κ2) is 10.3. The van der Waals surface area contributed by atoms with Crippen LogP contribution in [0.15, 0.2) is 28.2 Å². The molecule has 1 saturated carbocycles. The molecule has 0 aromatic heterocycles. The summed E-state index contributed by atoms with van der Waals surface area (Å²) in [5.41, 5.74) is 7.49. The van der Waals surface area contributed by atoms with E-state index in [2.05, 4.69) is 34.5 Å². The van der Waals surface area contributed by atoms with Gasteiger partial charge in [-0.15, -0.1) is 0 Å². The van der Waals surface area contributed by atoms with Crippen LogP contribution >= 0.6 is 0 Å². The van der Waals surface area contributed by atoms with Gasteiger partial charge in [-0.2, -0.15) is 0 Å². The normalized spacial score (nSPS) is 25.5. The van der Waals surface area contributed by atoms with Crippen molar-refractivity contribution in [1.82, 2.24) is 15.1 Å². The van der Waals surface area contributed by atoms with E-state index in [9.17, 15) is 4.39 Å². The van der Waals surface area contributed by atoms with Crippen molar-refractivity contribution in [2.45, 2.75) is 63.2 Å². The Morgan fingerprint density at radius 2 is 1.85 bits per heavy atom. The third-order valence-electron chi connectivity index (χ3n) is 7.25. The summed E-state index contributed by atoms with van der Waals surface area (Å²) in [5.74, 6) is 0.123. The van der Waals surface area contributed by atoms with E-state index >= 15 is 0 Å². The van der Waals surface area contributed by atoms with Gasteiger partial charge >= 0.3 is 0 Å². The van der Waals surface area contributed by atoms with Gasteiger partial charge in [0, 0.05) is 30.8 Å². The molecule has 9 heteroatoms. The van der Waals surface area contributed by atoms with Crippen LogP contribution in [0, 0.1) is 11.7 Å². The minimum atomic E-state index is -1.04. The Morgan fingerprint density at radius 3 is 2.48 bits per heavy atom. The topological polar surface area (TPSA) is 90.5 Å². The first kappa shape index (κ1) is 23.8. The molecule has 0 amide bonds. The number of halogens is 1. The van der Waals surface area contributed by atoms with Crippen LogP contribution in [-0.4, -0.2) is 67.8 Å². The lowest BCUT2D eigenvalue weighted by molar-refractivity contribution is 0.186. The molecule has 0 radical (unpaired) electrons. The first-order valence-corrected chi connectivity index (χ1v) is 12.2. The molecule has 1 saturated heterocycles. The highest BCUT2D eigenvalue weighted by Gasteiger charge is 2.39. The van der Waals surface area contributed by atoms with Crippen LogP contribution in [0.1, 0.15) is 51.4 Å². The lowest BCUT2D eigenvalue weighted by Gasteiger charge is -2.41. The van der Waals surface area contributed by atoms with Gasteiger partial charge in [0.05, 0.1) is 7.11 Å². The molecular formula is C24H38FN7O. The van der Waals surface area contributed by atoms with Crippen molar-refractivity contribution in [3.05, 3.63) is 24.0 Å². The van der Waals surface area contributed by atoms with Crippen LogP contribution in [0.4, 0.5) is 10.1 Å². The summed E-state index contributed by atoms with van der Waals surface area (Å²) < 4.78 is 19.3. The summed E-state index contributed by atoms with van der Waals surface area (Å²) in [6.07, 6.45) is 8.92. The van der Waals surface area contributed by atoms with Gasteiger partial charge in [0.25, 0.3) is 0 Å². The minimum absolute atomic E-state index is 0.174. The Kier molecular flexibility index (Phi) is 7.38. The first-order chi connectivity index (χ1) is 15.9. The minimum Gasteiger partial charge on any atom is -0.494 e. The van der Waals surface area contributed by atoms with Crippen molar-refractivity contribution in [3.8, 4) is 5.75 Å². The fraction of sp³-hybridized carbons (Fsp3) is 0.667. The van der Waals surface area contributed by atoms with Crippen molar-refractivity contribution in [1.29, 1.82) is 0 Å². The van der Waals surface area contributed by atoms with Crippen LogP contribution < -0.4 is 21.1 Å². The fourth-order valence-electron chi connectivity index (χ4n) is 5.08. The van der Waals surface area contributed by atoms with E-state index < -0.39 is 11.6 Å². The molecule has 2 heterocycles. The third-order valence-corrected chi connectivity index (χ3v) is 7.25. The zero-order chi connectivity index (χ0) is 23.4. The fourth-order valence-corrected chi connectivity index (χ4v) is 5.08. The van der Waals surface area contributed by atoms with Gasteiger partial charge < -0.3 is 19.9 Å². The lowest BCUT2D eigenvalue weighted by atomic mass is 9.93. The van der Waals surface area contributed by atoms with Crippen molar-refractivity contribution in [3.63, 3.8) is 0 Å². The predicted octanol–water partition coefficient (Wildman–Crippen LogP) is 3.17. The molecule has 182 valence electrons. The van der Waals surface area contributed by atoms with Crippen LogP contribution in [0.5, 0.6) is 5.75 Å². The lowest BCUT2D eigenvalue weighted by Crippen LogP contribution is -2.58. The van der Waals surface area contributed by atoms with Crippen LogP contribution in [-0.2, 0) is 0 Å². The second-order valence-corrected chi connectivity index (χ2v) is 9.61. The van der Waals surface area contributed by atoms with E-state index in [-0.39, 0.29) is 11.7 Å². The quantitative estimate of drug-likeness (QED) is 0.599. The maximum Gasteiger partial charge on any atom is 0.212 e.